The van der Waals surface area contributed by atoms with Crippen molar-refractivity contribution in [1.29, 1.82) is 0 Å². The van der Waals surface area contributed by atoms with Crippen LogP contribution in [0.1, 0.15) is 58.3 Å². The molecule has 1 spiro atoms. The van der Waals surface area contributed by atoms with E-state index in [1.165, 1.54) is 6.42 Å². The fourth-order valence-electron chi connectivity index (χ4n) is 3.48. The number of piperidine rings is 1. The third-order valence-electron chi connectivity index (χ3n) is 4.49. The summed E-state index contributed by atoms with van der Waals surface area (Å²) in [6.07, 6.45) is 6.07. The second-order valence-electron chi connectivity index (χ2n) is 5.83. The number of amides is 2. The Labute approximate surface area is 113 Å². The highest BCUT2D eigenvalue weighted by atomic mass is 16.4. The highest BCUT2D eigenvalue weighted by molar-refractivity contribution is 6.01. The van der Waals surface area contributed by atoms with Crippen LogP contribution < -0.4 is 0 Å². The summed E-state index contributed by atoms with van der Waals surface area (Å²) in [7, 11) is 0. The van der Waals surface area contributed by atoms with Gasteiger partial charge < -0.3 is 5.11 Å². The van der Waals surface area contributed by atoms with Crippen LogP contribution in [0.15, 0.2) is 0 Å². The fraction of sp³-hybridized carbons (Fsp3) is 0.786. The summed E-state index contributed by atoms with van der Waals surface area (Å²) in [5, 5.41) is 9.12. The summed E-state index contributed by atoms with van der Waals surface area (Å²) < 4.78 is 0. The first-order chi connectivity index (χ1) is 8.99. The SMILES string of the molecule is CCC(C(=O)O)N1C(=O)CC2(CCCCC2)CC1=O. The topological polar surface area (TPSA) is 74.7 Å². The van der Waals surface area contributed by atoms with Crippen molar-refractivity contribution < 1.29 is 19.5 Å². The van der Waals surface area contributed by atoms with Crippen LogP contribution in [-0.4, -0.2) is 33.8 Å². The molecular formula is C14H21NO4. The van der Waals surface area contributed by atoms with Gasteiger partial charge in [-0.2, -0.15) is 0 Å². The van der Waals surface area contributed by atoms with Gasteiger partial charge in [0.1, 0.15) is 6.04 Å². The van der Waals surface area contributed by atoms with Gasteiger partial charge in [-0.05, 0) is 24.7 Å². The average molecular weight is 267 g/mol. The number of aliphatic carboxylic acids is 1. The number of carbonyl (C=O) groups is 3. The average Bonchev–Trinajstić information content (AvgIpc) is 2.34. The third kappa shape index (κ3) is 2.65. The number of imide groups is 1. The van der Waals surface area contributed by atoms with Crippen molar-refractivity contribution in [3.8, 4) is 0 Å². The number of nitrogens with zero attached hydrogens (tertiary/aromatic N) is 1. The van der Waals surface area contributed by atoms with E-state index in [0.29, 0.717) is 12.8 Å². The van der Waals surface area contributed by atoms with Crippen LogP contribution >= 0.6 is 0 Å². The molecule has 19 heavy (non-hydrogen) atoms. The van der Waals surface area contributed by atoms with Gasteiger partial charge >= 0.3 is 5.97 Å². The number of hydrogen-bond acceptors (Lipinski definition) is 3. The van der Waals surface area contributed by atoms with E-state index in [0.717, 1.165) is 30.6 Å². The second kappa shape index (κ2) is 5.31. The molecule has 1 N–H and O–H groups in total. The molecule has 0 aromatic carbocycles. The zero-order valence-corrected chi connectivity index (χ0v) is 11.4. The molecule has 1 aliphatic heterocycles. The number of carboxylic acid groups (broad SMARTS) is 1. The van der Waals surface area contributed by atoms with Crippen molar-refractivity contribution in [3.05, 3.63) is 0 Å². The zero-order valence-electron chi connectivity index (χ0n) is 11.4. The van der Waals surface area contributed by atoms with Crippen LogP contribution in [0, 0.1) is 5.41 Å². The van der Waals surface area contributed by atoms with Crippen molar-refractivity contribution >= 4 is 17.8 Å². The van der Waals surface area contributed by atoms with E-state index < -0.39 is 12.0 Å². The molecule has 1 unspecified atom stereocenters. The van der Waals surface area contributed by atoms with Gasteiger partial charge in [0.15, 0.2) is 0 Å². The largest absolute Gasteiger partial charge is 0.480 e. The molecule has 2 amide bonds. The summed E-state index contributed by atoms with van der Waals surface area (Å²) in [6, 6.07) is -0.999. The van der Waals surface area contributed by atoms with Crippen molar-refractivity contribution in [3.63, 3.8) is 0 Å². The Balaban J connectivity index is 2.17. The number of rotatable bonds is 3. The Morgan fingerprint density at radius 1 is 1.21 bits per heavy atom. The molecule has 106 valence electrons. The summed E-state index contributed by atoms with van der Waals surface area (Å²) in [4.78, 5) is 36.6. The molecule has 2 rings (SSSR count). The van der Waals surface area contributed by atoms with Gasteiger partial charge in [0.2, 0.25) is 11.8 Å². The smallest absolute Gasteiger partial charge is 0.326 e. The minimum Gasteiger partial charge on any atom is -0.480 e. The maximum Gasteiger partial charge on any atom is 0.326 e. The summed E-state index contributed by atoms with van der Waals surface area (Å²) in [6.45, 7) is 1.68. The summed E-state index contributed by atoms with van der Waals surface area (Å²) in [5.41, 5.74) is -0.181. The zero-order chi connectivity index (χ0) is 14.0. The lowest BCUT2D eigenvalue weighted by atomic mass is 9.67. The van der Waals surface area contributed by atoms with Crippen molar-refractivity contribution in [2.24, 2.45) is 5.41 Å². The lowest BCUT2D eigenvalue weighted by molar-refractivity contribution is -0.165. The van der Waals surface area contributed by atoms with E-state index >= 15 is 0 Å². The molecule has 2 aliphatic rings. The molecule has 0 aromatic rings. The number of carbonyl (C=O) groups excluding carboxylic acids is 2. The molecule has 1 aliphatic carbocycles. The Hall–Kier alpha value is -1.39. The van der Waals surface area contributed by atoms with E-state index in [-0.39, 0.29) is 23.7 Å². The molecular weight excluding hydrogens is 246 g/mol. The lowest BCUT2D eigenvalue weighted by Crippen LogP contribution is -2.55. The summed E-state index contributed by atoms with van der Waals surface area (Å²) in [5.74, 6) is -1.69. The second-order valence-corrected chi connectivity index (χ2v) is 5.83. The van der Waals surface area contributed by atoms with Crippen molar-refractivity contribution in [2.75, 3.05) is 0 Å². The molecule has 0 radical (unpaired) electrons. The monoisotopic (exact) mass is 267 g/mol. The maximum atomic E-state index is 12.2. The first-order valence-corrected chi connectivity index (χ1v) is 7.07. The maximum absolute atomic E-state index is 12.2. The van der Waals surface area contributed by atoms with Gasteiger partial charge in [0.25, 0.3) is 0 Å². The quantitative estimate of drug-likeness (QED) is 0.793. The molecule has 0 bridgehead atoms. The minimum atomic E-state index is -1.09. The first-order valence-electron chi connectivity index (χ1n) is 7.07. The van der Waals surface area contributed by atoms with Crippen molar-refractivity contribution in [1.82, 2.24) is 4.90 Å². The molecule has 5 heteroatoms. The first kappa shape index (κ1) is 14.0. The van der Waals surface area contributed by atoms with Gasteiger partial charge in [-0.15, -0.1) is 0 Å². The predicted octanol–water partition coefficient (Wildman–Crippen LogP) is 1.95. The Morgan fingerprint density at radius 3 is 2.16 bits per heavy atom. The van der Waals surface area contributed by atoms with Crippen LogP contribution in [0.25, 0.3) is 0 Å². The van der Waals surface area contributed by atoms with Gasteiger partial charge in [-0.3, -0.25) is 14.5 Å². The van der Waals surface area contributed by atoms with E-state index in [1.807, 2.05) is 0 Å². The fourth-order valence-corrected chi connectivity index (χ4v) is 3.48. The van der Waals surface area contributed by atoms with E-state index in [2.05, 4.69) is 0 Å². The Kier molecular flexibility index (Phi) is 3.92. The standard InChI is InChI=1S/C14H21NO4/c1-2-10(13(18)19)15-11(16)8-14(9-12(15)17)6-4-3-5-7-14/h10H,2-9H2,1H3,(H,18,19). The molecule has 1 atom stereocenters. The molecule has 0 aromatic heterocycles. The van der Waals surface area contributed by atoms with Crippen LogP contribution in [0.4, 0.5) is 0 Å². The molecule has 1 heterocycles. The van der Waals surface area contributed by atoms with Crippen molar-refractivity contribution in [2.45, 2.75) is 64.3 Å². The number of likely N-dealkylation sites (tertiary alicyclic amines) is 1. The Bertz CT molecular complexity index is 378. The van der Waals surface area contributed by atoms with E-state index in [4.69, 9.17) is 5.11 Å². The molecule has 1 saturated heterocycles. The van der Waals surface area contributed by atoms with Gasteiger partial charge in [-0.25, -0.2) is 4.79 Å². The van der Waals surface area contributed by atoms with E-state index in [1.54, 1.807) is 6.92 Å². The molecule has 2 fully saturated rings. The number of carboxylic acids is 1. The van der Waals surface area contributed by atoms with Crippen LogP contribution in [0.3, 0.4) is 0 Å². The highest BCUT2D eigenvalue weighted by Crippen LogP contribution is 2.45. The highest BCUT2D eigenvalue weighted by Gasteiger charge is 2.46. The molecule has 1 saturated carbocycles. The summed E-state index contributed by atoms with van der Waals surface area (Å²) >= 11 is 0. The molecule has 5 nitrogen and oxygen atoms in total. The number of hydrogen-bond donors (Lipinski definition) is 1. The lowest BCUT2D eigenvalue weighted by Gasteiger charge is -2.43. The van der Waals surface area contributed by atoms with Crippen LogP contribution in [0.2, 0.25) is 0 Å². The predicted molar refractivity (Wildman–Crippen MR) is 68.3 cm³/mol. The van der Waals surface area contributed by atoms with Gasteiger partial charge in [0, 0.05) is 12.8 Å². The van der Waals surface area contributed by atoms with Gasteiger partial charge in [0.05, 0.1) is 0 Å². The third-order valence-corrected chi connectivity index (χ3v) is 4.49. The normalized spacial score (nSPS) is 24.6. The minimum absolute atomic E-state index is 0.181. The van der Waals surface area contributed by atoms with Crippen LogP contribution in [-0.2, 0) is 14.4 Å². The van der Waals surface area contributed by atoms with E-state index in [9.17, 15) is 14.4 Å². The van der Waals surface area contributed by atoms with Gasteiger partial charge in [-0.1, -0.05) is 26.2 Å². The van der Waals surface area contributed by atoms with Crippen LogP contribution in [0.5, 0.6) is 0 Å². The Morgan fingerprint density at radius 2 is 1.74 bits per heavy atom.